The lowest BCUT2D eigenvalue weighted by Crippen LogP contribution is -2.13. The Balaban J connectivity index is 2.13. The number of hydrogen-bond acceptors (Lipinski definition) is 5. The molecule has 0 unspecified atom stereocenters. The van der Waals surface area contributed by atoms with Crippen molar-refractivity contribution in [3.05, 3.63) is 53.6 Å². The van der Waals surface area contributed by atoms with E-state index in [1.54, 1.807) is 49.6 Å². The molecule has 0 spiro atoms. The van der Waals surface area contributed by atoms with Gasteiger partial charge in [-0.3, -0.25) is 4.79 Å². The van der Waals surface area contributed by atoms with Crippen LogP contribution in [0.2, 0.25) is 0 Å². The number of carbonyl (C=O) groups excluding carboxylic acids is 1. The van der Waals surface area contributed by atoms with Crippen LogP contribution in [-0.4, -0.2) is 26.2 Å². The monoisotopic (exact) mass is 394 g/mol. The molecule has 2 aromatic rings. The molecule has 0 aliphatic rings. The van der Waals surface area contributed by atoms with E-state index in [2.05, 4.69) is 12.2 Å². The summed E-state index contributed by atoms with van der Waals surface area (Å²) in [6.07, 6.45) is 3.51. The molecule has 152 valence electrons. The zero-order chi connectivity index (χ0) is 21.1. The van der Waals surface area contributed by atoms with Crippen molar-refractivity contribution in [2.24, 2.45) is 0 Å². The van der Waals surface area contributed by atoms with Gasteiger partial charge >= 0.3 is 0 Å². The van der Waals surface area contributed by atoms with E-state index >= 15 is 0 Å². The molecule has 0 saturated heterocycles. The first-order valence-electron chi connectivity index (χ1n) is 9.58. The van der Waals surface area contributed by atoms with E-state index in [0.29, 0.717) is 36.0 Å². The van der Waals surface area contributed by atoms with E-state index in [1.165, 1.54) is 6.08 Å². The number of nitriles is 1. The lowest BCUT2D eigenvalue weighted by Gasteiger charge is -2.11. The molecule has 1 amide bonds. The molecule has 2 rings (SSSR count). The Bertz CT molecular complexity index is 883. The Labute approximate surface area is 171 Å². The predicted octanol–water partition coefficient (Wildman–Crippen LogP) is 4.82. The second-order valence-electron chi connectivity index (χ2n) is 6.19. The van der Waals surface area contributed by atoms with E-state index in [1.807, 2.05) is 13.0 Å². The summed E-state index contributed by atoms with van der Waals surface area (Å²) in [5.74, 6) is 1.42. The minimum Gasteiger partial charge on any atom is -0.494 e. The van der Waals surface area contributed by atoms with Crippen molar-refractivity contribution in [1.82, 2.24) is 0 Å². The number of ether oxygens (including phenoxy) is 3. The zero-order valence-corrected chi connectivity index (χ0v) is 17.0. The van der Waals surface area contributed by atoms with Gasteiger partial charge in [-0.25, -0.2) is 0 Å². The summed E-state index contributed by atoms with van der Waals surface area (Å²) in [4.78, 5) is 12.5. The highest BCUT2D eigenvalue weighted by molar-refractivity contribution is 6.09. The number of rotatable bonds is 10. The maximum Gasteiger partial charge on any atom is 0.266 e. The molecule has 0 heterocycles. The number of nitrogens with zero attached hydrogens (tertiary/aromatic N) is 1. The molecule has 1 N–H and O–H groups in total. The fourth-order valence-corrected chi connectivity index (χ4v) is 2.53. The van der Waals surface area contributed by atoms with Gasteiger partial charge in [0.1, 0.15) is 17.4 Å². The number of nitrogens with one attached hydrogen (secondary N) is 1. The SMILES string of the molecule is CCCCOc1ccc(/C=C(\C#N)C(=O)Nc2ccc(OCC)cc2)cc1OC. The summed E-state index contributed by atoms with van der Waals surface area (Å²) < 4.78 is 16.5. The maximum absolute atomic E-state index is 12.5. The normalized spacial score (nSPS) is 10.8. The Morgan fingerprint density at radius 3 is 2.48 bits per heavy atom. The van der Waals surface area contributed by atoms with Gasteiger partial charge in [-0.05, 0) is 61.4 Å². The van der Waals surface area contributed by atoms with Gasteiger partial charge in [0.2, 0.25) is 0 Å². The lowest BCUT2D eigenvalue weighted by atomic mass is 10.1. The van der Waals surface area contributed by atoms with Crippen LogP contribution in [0.5, 0.6) is 17.2 Å². The van der Waals surface area contributed by atoms with Crippen LogP contribution in [0.15, 0.2) is 48.0 Å². The number of carbonyl (C=O) groups is 1. The second-order valence-corrected chi connectivity index (χ2v) is 6.19. The molecule has 6 heteroatoms. The standard InChI is InChI=1S/C23H26N2O4/c1-4-6-13-29-21-12-7-17(15-22(21)27-3)14-18(16-24)23(26)25-19-8-10-20(11-9-19)28-5-2/h7-12,14-15H,4-6,13H2,1-3H3,(H,25,26)/b18-14+. The van der Waals surface area contributed by atoms with Gasteiger partial charge in [0.15, 0.2) is 11.5 Å². The lowest BCUT2D eigenvalue weighted by molar-refractivity contribution is -0.112. The van der Waals surface area contributed by atoms with Crippen LogP contribution in [0.1, 0.15) is 32.3 Å². The summed E-state index contributed by atoms with van der Waals surface area (Å²) in [6.45, 7) is 5.17. The van der Waals surface area contributed by atoms with Crippen molar-refractivity contribution in [3.63, 3.8) is 0 Å². The molecule has 0 bridgehead atoms. The molecule has 0 radical (unpaired) electrons. The Morgan fingerprint density at radius 2 is 1.86 bits per heavy atom. The van der Waals surface area contributed by atoms with Crippen LogP contribution in [0, 0.1) is 11.3 Å². The molecule has 0 fully saturated rings. The van der Waals surface area contributed by atoms with Crippen molar-refractivity contribution < 1.29 is 19.0 Å². The van der Waals surface area contributed by atoms with Gasteiger partial charge in [0.05, 0.1) is 20.3 Å². The molecule has 29 heavy (non-hydrogen) atoms. The van der Waals surface area contributed by atoms with E-state index in [-0.39, 0.29) is 5.57 Å². The second kappa shape index (κ2) is 11.4. The zero-order valence-electron chi connectivity index (χ0n) is 17.0. The summed E-state index contributed by atoms with van der Waals surface area (Å²) in [6, 6.07) is 14.2. The number of methoxy groups -OCH3 is 1. The Hall–Kier alpha value is -3.46. The quantitative estimate of drug-likeness (QED) is 0.355. The molecule has 0 aromatic heterocycles. The third-order valence-corrected chi connectivity index (χ3v) is 4.04. The summed E-state index contributed by atoms with van der Waals surface area (Å²) >= 11 is 0. The molecule has 0 aliphatic carbocycles. The van der Waals surface area contributed by atoms with E-state index < -0.39 is 5.91 Å². The molecule has 2 aromatic carbocycles. The highest BCUT2D eigenvalue weighted by atomic mass is 16.5. The number of benzene rings is 2. The fourth-order valence-electron chi connectivity index (χ4n) is 2.53. The van der Waals surface area contributed by atoms with Crippen LogP contribution in [0.4, 0.5) is 5.69 Å². The molecular formula is C23H26N2O4. The number of unbranched alkanes of at least 4 members (excludes halogenated alkanes) is 1. The van der Waals surface area contributed by atoms with Crippen LogP contribution in [0.25, 0.3) is 6.08 Å². The van der Waals surface area contributed by atoms with Crippen molar-refractivity contribution in [2.75, 3.05) is 25.6 Å². The third-order valence-electron chi connectivity index (χ3n) is 4.04. The summed E-state index contributed by atoms with van der Waals surface area (Å²) in [5.41, 5.74) is 1.24. The van der Waals surface area contributed by atoms with Crippen molar-refractivity contribution >= 4 is 17.7 Å². The van der Waals surface area contributed by atoms with Gasteiger partial charge in [0.25, 0.3) is 5.91 Å². The topological polar surface area (TPSA) is 80.6 Å². The van der Waals surface area contributed by atoms with E-state index in [0.717, 1.165) is 18.6 Å². The van der Waals surface area contributed by atoms with Gasteiger partial charge in [-0.15, -0.1) is 0 Å². The van der Waals surface area contributed by atoms with Crippen molar-refractivity contribution in [3.8, 4) is 23.3 Å². The average Bonchev–Trinajstić information content (AvgIpc) is 2.74. The van der Waals surface area contributed by atoms with E-state index in [4.69, 9.17) is 14.2 Å². The van der Waals surface area contributed by atoms with Crippen molar-refractivity contribution in [1.29, 1.82) is 5.26 Å². The number of amides is 1. The Kier molecular flexibility index (Phi) is 8.58. The summed E-state index contributed by atoms with van der Waals surface area (Å²) in [5, 5.41) is 12.1. The highest BCUT2D eigenvalue weighted by Gasteiger charge is 2.11. The first-order chi connectivity index (χ1) is 14.1. The number of hydrogen-bond donors (Lipinski definition) is 1. The highest BCUT2D eigenvalue weighted by Crippen LogP contribution is 2.29. The Morgan fingerprint density at radius 1 is 1.10 bits per heavy atom. The number of anilines is 1. The smallest absolute Gasteiger partial charge is 0.266 e. The summed E-state index contributed by atoms with van der Waals surface area (Å²) in [7, 11) is 1.55. The molecule has 6 nitrogen and oxygen atoms in total. The van der Waals surface area contributed by atoms with Gasteiger partial charge in [-0.2, -0.15) is 5.26 Å². The van der Waals surface area contributed by atoms with Crippen molar-refractivity contribution in [2.45, 2.75) is 26.7 Å². The van der Waals surface area contributed by atoms with Gasteiger partial charge in [0, 0.05) is 5.69 Å². The van der Waals surface area contributed by atoms with Gasteiger partial charge < -0.3 is 19.5 Å². The molecule has 0 saturated carbocycles. The van der Waals surface area contributed by atoms with E-state index in [9.17, 15) is 10.1 Å². The first-order valence-corrected chi connectivity index (χ1v) is 9.58. The molecule has 0 atom stereocenters. The van der Waals surface area contributed by atoms with Crippen LogP contribution in [0.3, 0.4) is 0 Å². The largest absolute Gasteiger partial charge is 0.494 e. The minimum absolute atomic E-state index is 0.0133. The predicted molar refractivity (Wildman–Crippen MR) is 113 cm³/mol. The van der Waals surface area contributed by atoms with Crippen LogP contribution in [-0.2, 0) is 4.79 Å². The first kappa shape index (κ1) is 21.8. The van der Waals surface area contributed by atoms with Crippen LogP contribution < -0.4 is 19.5 Å². The molecular weight excluding hydrogens is 368 g/mol. The fraction of sp³-hybridized carbons (Fsp3) is 0.304. The van der Waals surface area contributed by atoms with Crippen LogP contribution >= 0.6 is 0 Å². The average molecular weight is 394 g/mol. The minimum atomic E-state index is -0.487. The maximum atomic E-state index is 12.5. The van der Waals surface area contributed by atoms with Gasteiger partial charge in [-0.1, -0.05) is 19.4 Å². The molecule has 0 aliphatic heterocycles. The third kappa shape index (κ3) is 6.58.